The first-order valence-electron chi connectivity index (χ1n) is 10.8. The normalized spacial score (nSPS) is 19.8. The lowest BCUT2D eigenvalue weighted by molar-refractivity contribution is -0.116. The minimum Gasteiger partial charge on any atom is -0.497 e. The third-order valence-corrected chi connectivity index (χ3v) is 6.35. The smallest absolute Gasteiger partial charge is 0.163 e. The molecule has 0 fully saturated rings. The molecule has 2 unspecified atom stereocenters. The molecule has 5 rings (SSSR count). The quantitative estimate of drug-likeness (QED) is 0.562. The Morgan fingerprint density at radius 2 is 1.34 bits per heavy atom. The largest absolute Gasteiger partial charge is 0.497 e. The molecule has 0 bridgehead atoms. The van der Waals surface area contributed by atoms with Crippen LogP contribution in [-0.2, 0) is 4.79 Å². The maximum absolute atomic E-state index is 13.6. The Morgan fingerprint density at radius 1 is 0.750 bits per heavy atom. The lowest BCUT2D eigenvalue weighted by Crippen LogP contribution is -2.26. The molecular formula is C27H26N2O3. The predicted molar refractivity (Wildman–Crippen MR) is 126 cm³/mol. The van der Waals surface area contributed by atoms with Crippen LogP contribution < -0.4 is 20.1 Å². The van der Waals surface area contributed by atoms with Gasteiger partial charge < -0.3 is 20.1 Å². The molecule has 32 heavy (non-hydrogen) atoms. The van der Waals surface area contributed by atoms with Crippen LogP contribution in [0, 0.1) is 0 Å². The van der Waals surface area contributed by atoms with Crippen molar-refractivity contribution in [2.45, 2.75) is 24.8 Å². The van der Waals surface area contributed by atoms with Gasteiger partial charge in [0.2, 0.25) is 0 Å². The van der Waals surface area contributed by atoms with Crippen LogP contribution in [0.15, 0.2) is 84.1 Å². The van der Waals surface area contributed by atoms with Crippen molar-refractivity contribution in [2.75, 3.05) is 24.9 Å². The molecule has 0 aromatic heterocycles. The van der Waals surface area contributed by atoms with Crippen molar-refractivity contribution >= 4 is 17.2 Å². The lowest BCUT2D eigenvalue weighted by atomic mass is 9.78. The first kappa shape index (κ1) is 20.2. The number of rotatable bonds is 4. The van der Waals surface area contributed by atoms with Gasteiger partial charge in [0, 0.05) is 17.7 Å². The summed E-state index contributed by atoms with van der Waals surface area (Å²) in [5.74, 6) is 1.91. The zero-order chi connectivity index (χ0) is 22.1. The third-order valence-electron chi connectivity index (χ3n) is 6.35. The second-order valence-electron chi connectivity index (χ2n) is 8.21. The summed E-state index contributed by atoms with van der Waals surface area (Å²) in [6.07, 6.45) is 1.26. The van der Waals surface area contributed by atoms with Gasteiger partial charge in [-0.15, -0.1) is 0 Å². The Labute approximate surface area is 188 Å². The van der Waals surface area contributed by atoms with Crippen LogP contribution in [0.3, 0.4) is 0 Å². The number of hydrogen-bond donors (Lipinski definition) is 2. The minimum atomic E-state index is -0.226. The van der Waals surface area contributed by atoms with Crippen LogP contribution >= 0.6 is 0 Å². The molecule has 2 atom stereocenters. The van der Waals surface area contributed by atoms with Crippen molar-refractivity contribution in [3.63, 3.8) is 0 Å². The van der Waals surface area contributed by atoms with Crippen LogP contribution in [0.25, 0.3) is 0 Å². The van der Waals surface area contributed by atoms with E-state index in [1.54, 1.807) is 14.2 Å². The Kier molecular flexibility index (Phi) is 5.31. The maximum Gasteiger partial charge on any atom is 0.163 e. The summed E-state index contributed by atoms with van der Waals surface area (Å²) in [6.45, 7) is 0. The highest BCUT2D eigenvalue weighted by atomic mass is 16.5. The van der Waals surface area contributed by atoms with E-state index in [1.807, 2.05) is 60.7 Å². The Morgan fingerprint density at radius 3 is 1.97 bits per heavy atom. The zero-order valence-corrected chi connectivity index (χ0v) is 18.2. The second kappa shape index (κ2) is 8.42. The highest BCUT2D eigenvalue weighted by Crippen LogP contribution is 2.44. The number of hydrogen-bond acceptors (Lipinski definition) is 5. The van der Waals surface area contributed by atoms with Gasteiger partial charge in [0.1, 0.15) is 11.5 Å². The van der Waals surface area contributed by atoms with Gasteiger partial charge in [0.15, 0.2) is 5.78 Å². The molecular weight excluding hydrogens is 400 g/mol. The molecule has 0 saturated carbocycles. The number of ketones is 1. The van der Waals surface area contributed by atoms with E-state index >= 15 is 0 Å². The van der Waals surface area contributed by atoms with E-state index in [9.17, 15) is 4.79 Å². The van der Waals surface area contributed by atoms with Crippen molar-refractivity contribution in [1.29, 1.82) is 0 Å². The molecule has 162 valence electrons. The molecule has 1 aliphatic heterocycles. The van der Waals surface area contributed by atoms with Crippen molar-refractivity contribution in [2.24, 2.45) is 0 Å². The Hall–Kier alpha value is -3.73. The summed E-state index contributed by atoms with van der Waals surface area (Å²) in [6, 6.07) is 23.8. The molecule has 3 aromatic carbocycles. The Balaban J connectivity index is 1.56. The molecule has 0 spiro atoms. The van der Waals surface area contributed by atoms with Gasteiger partial charge in [0.25, 0.3) is 0 Å². The highest BCUT2D eigenvalue weighted by Gasteiger charge is 2.36. The molecule has 2 aliphatic rings. The molecule has 0 saturated heterocycles. The summed E-state index contributed by atoms with van der Waals surface area (Å²) in [5.41, 5.74) is 5.96. The predicted octanol–water partition coefficient (Wildman–Crippen LogP) is 5.68. The summed E-state index contributed by atoms with van der Waals surface area (Å²) < 4.78 is 10.6. The number of Topliss-reactive ketones (excluding diaryl/α,β-unsaturated/α-hetero) is 1. The van der Waals surface area contributed by atoms with E-state index in [4.69, 9.17) is 9.47 Å². The lowest BCUT2D eigenvalue weighted by Gasteiger charge is -2.30. The number of benzene rings is 3. The molecule has 3 aromatic rings. The first-order valence-corrected chi connectivity index (χ1v) is 10.8. The van der Waals surface area contributed by atoms with Gasteiger partial charge in [-0.3, -0.25) is 4.79 Å². The number of methoxy groups -OCH3 is 2. The van der Waals surface area contributed by atoms with Crippen molar-refractivity contribution in [3.05, 3.63) is 95.2 Å². The fourth-order valence-corrected chi connectivity index (χ4v) is 4.65. The number of fused-ring (bicyclic) bond motifs is 1. The van der Waals surface area contributed by atoms with E-state index in [0.29, 0.717) is 6.42 Å². The molecule has 5 heteroatoms. The van der Waals surface area contributed by atoms with Crippen LogP contribution in [-0.4, -0.2) is 20.0 Å². The second-order valence-corrected chi connectivity index (χ2v) is 8.21. The average molecular weight is 427 g/mol. The monoisotopic (exact) mass is 426 g/mol. The molecule has 5 nitrogen and oxygen atoms in total. The van der Waals surface area contributed by atoms with E-state index in [2.05, 4.69) is 22.8 Å². The summed E-state index contributed by atoms with van der Waals surface area (Å²) in [5, 5.41) is 7.20. The SMILES string of the molecule is COc1ccc(C2CC(=O)C3=C(C2)Nc2ccccc2NC3c2ccc(OC)cc2)cc1. The number of ether oxygens (including phenoxy) is 2. The fourth-order valence-electron chi connectivity index (χ4n) is 4.65. The molecule has 1 aliphatic carbocycles. The topological polar surface area (TPSA) is 59.6 Å². The van der Waals surface area contributed by atoms with Gasteiger partial charge in [-0.25, -0.2) is 0 Å². The van der Waals surface area contributed by atoms with E-state index in [1.165, 1.54) is 0 Å². The molecule has 0 radical (unpaired) electrons. The number of nitrogens with one attached hydrogen (secondary N) is 2. The average Bonchev–Trinajstić information content (AvgIpc) is 3.01. The number of carbonyl (C=O) groups is 1. The van der Waals surface area contributed by atoms with Crippen LogP contribution in [0.1, 0.15) is 35.9 Å². The zero-order valence-electron chi connectivity index (χ0n) is 18.2. The maximum atomic E-state index is 13.6. The van der Waals surface area contributed by atoms with Crippen LogP contribution in [0.4, 0.5) is 11.4 Å². The number of para-hydroxylation sites is 2. The van der Waals surface area contributed by atoms with Gasteiger partial charge in [0.05, 0.1) is 31.6 Å². The summed E-state index contributed by atoms with van der Waals surface area (Å²) >= 11 is 0. The summed E-state index contributed by atoms with van der Waals surface area (Å²) in [4.78, 5) is 13.6. The first-order chi connectivity index (χ1) is 15.7. The fraction of sp³-hybridized carbons (Fsp3) is 0.222. The van der Waals surface area contributed by atoms with Gasteiger partial charge >= 0.3 is 0 Å². The molecule has 1 heterocycles. The molecule has 2 N–H and O–H groups in total. The van der Waals surface area contributed by atoms with Crippen molar-refractivity contribution in [1.82, 2.24) is 0 Å². The number of anilines is 2. The highest BCUT2D eigenvalue weighted by molar-refractivity contribution is 6.01. The van der Waals surface area contributed by atoms with Crippen LogP contribution in [0.2, 0.25) is 0 Å². The van der Waals surface area contributed by atoms with E-state index in [-0.39, 0.29) is 17.7 Å². The number of allylic oxidation sites excluding steroid dienone is 1. The van der Waals surface area contributed by atoms with Gasteiger partial charge in [-0.1, -0.05) is 36.4 Å². The molecule has 0 amide bonds. The van der Waals surface area contributed by atoms with Crippen molar-refractivity contribution < 1.29 is 14.3 Å². The summed E-state index contributed by atoms with van der Waals surface area (Å²) in [7, 11) is 3.32. The van der Waals surface area contributed by atoms with E-state index in [0.717, 1.165) is 51.7 Å². The minimum absolute atomic E-state index is 0.126. The van der Waals surface area contributed by atoms with Gasteiger partial charge in [-0.2, -0.15) is 0 Å². The Bertz CT molecular complexity index is 1170. The van der Waals surface area contributed by atoms with E-state index < -0.39 is 0 Å². The van der Waals surface area contributed by atoms with Crippen molar-refractivity contribution in [3.8, 4) is 11.5 Å². The number of carbonyl (C=O) groups excluding carboxylic acids is 1. The van der Waals surface area contributed by atoms with Gasteiger partial charge in [-0.05, 0) is 59.9 Å². The third kappa shape index (κ3) is 3.71. The standard InChI is InChI=1S/C27H26N2O3/c1-31-20-11-7-17(8-12-20)19-15-24-26(25(30)16-19)27(18-9-13-21(32-2)14-10-18)29-23-6-4-3-5-22(23)28-24/h3-14,19,27-29H,15-16H2,1-2H3. The van der Waals surface area contributed by atoms with Crippen LogP contribution in [0.5, 0.6) is 11.5 Å².